The number of morpholine rings is 1. The molecule has 0 bridgehead atoms. The van der Waals surface area contributed by atoms with Gasteiger partial charge in [0.15, 0.2) is 0 Å². The quantitative estimate of drug-likeness (QED) is 0.680. The fraction of sp³-hybridized carbons (Fsp3) is 0.950. The van der Waals surface area contributed by atoms with Crippen LogP contribution in [0.2, 0.25) is 0 Å². The Labute approximate surface area is 158 Å². The highest BCUT2D eigenvalue weighted by Gasteiger charge is 2.35. The molecule has 2 atom stereocenters. The second kappa shape index (κ2) is 9.90. The van der Waals surface area contributed by atoms with E-state index in [-0.39, 0.29) is 6.03 Å². The molecule has 6 nitrogen and oxygen atoms in total. The zero-order chi connectivity index (χ0) is 18.4. The zero-order valence-corrected chi connectivity index (χ0v) is 16.6. The fourth-order valence-electron chi connectivity index (χ4n) is 4.42. The topological polar surface area (TPSA) is 54.0 Å². The SMILES string of the molecule is CCC(CC)C(CNC(=O)N(CC1CCOC1)C1CC1)N1CCOCC1. The minimum atomic E-state index is 0.128. The molecule has 150 valence electrons. The van der Waals surface area contributed by atoms with Gasteiger partial charge in [0.2, 0.25) is 0 Å². The van der Waals surface area contributed by atoms with Gasteiger partial charge < -0.3 is 19.7 Å². The Morgan fingerprint density at radius 1 is 1.12 bits per heavy atom. The van der Waals surface area contributed by atoms with Gasteiger partial charge in [-0.2, -0.15) is 0 Å². The molecule has 2 saturated heterocycles. The molecule has 26 heavy (non-hydrogen) atoms. The minimum absolute atomic E-state index is 0.128. The van der Waals surface area contributed by atoms with Gasteiger partial charge in [-0.1, -0.05) is 26.7 Å². The maximum Gasteiger partial charge on any atom is 0.317 e. The molecule has 3 fully saturated rings. The lowest BCUT2D eigenvalue weighted by atomic mass is 9.92. The molecule has 0 aromatic heterocycles. The summed E-state index contributed by atoms with van der Waals surface area (Å²) >= 11 is 0. The number of carbonyl (C=O) groups is 1. The van der Waals surface area contributed by atoms with Crippen LogP contribution in [0, 0.1) is 11.8 Å². The van der Waals surface area contributed by atoms with E-state index in [2.05, 4.69) is 29.0 Å². The number of hydrogen-bond acceptors (Lipinski definition) is 4. The molecule has 3 aliphatic rings. The fourth-order valence-corrected chi connectivity index (χ4v) is 4.42. The number of hydrogen-bond donors (Lipinski definition) is 1. The molecule has 1 aliphatic carbocycles. The normalized spacial score (nSPS) is 25.4. The van der Waals surface area contributed by atoms with Gasteiger partial charge in [-0.15, -0.1) is 0 Å². The van der Waals surface area contributed by atoms with Crippen molar-refractivity contribution in [3.05, 3.63) is 0 Å². The monoisotopic (exact) mass is 367 g/mol. The molecule has 0 spiro atoms. The first-order valence-corrected chi connectivity index (χ1v) is 10.7. The van der Waals surface area contributed by atoms with Gasteiger partial charge in [0, 0.05) is 50.8 Å². The van der Waals surface area contributed by atoms with Gasteiger partial charge in [-0.25, -0.2) is 4.79 Å². The van der Waals surface area contributed by atoms with E-state index in [1.807, 2.05) is 0 Å². The summed E-state index contributed by atoms with van der Waals surface area (Å²) in [7, 11) is 0. The molecule has 3 rings (SSSR count). The van der Waals surface area contributed by atoms with Crippen molar-refractivity contribution in [2.75, 3.05) is 52.6 Å². The minimum Gasteiger partial charge on any atom is -0.381 e. The predicted octanol–water partition coefficient (Wildman–Crippen LogP) is 2.33. The Bertz CT molecular complexity index is 428. The van der Waals surface area contributed by atoms with Crippen molar-refractivity contribution in [1.29, 1.82) is 0 Å². The molecule has 0 radical (unpaired) electrons. The molecule has 2 unspecified atom stereocenters. The molecule has 0 aromatic rings. The summed E-state index contributed by atoms with van der Waals surface area (Å²) < 4.78 is 11.0. The van der Waals surface area contributed by atoms with Gasteiger partial charge >= 0.3 is 6.03 Å². The summed E-state index contributed by atoms with van der Waals surface area (Å²) in [5.74, 6) is 1.13. The maximum atomic E-state index is 12.9. The van der Waals surface area contributed by atoms with E-state index >= 15 is 0 Å². The molecule has 1 N–H and O–H groups in total. The van der Waals surface area contributed by atoms with Gasteiger partial charge in [0.05, 0.1) is 19.8 Å². The number of nitrogens with one attached hydrogen (secondary N) is 1. The first-order chi connectivity index (χ1) is 12.7. The maximum absolute atomic E-state index is 12.9. The Hall–Kier alpha value is -0.850. The van der Waals surface area contributed by atoms with Crippen molar-refractivity contribution in [2.24, 2.45) is 11.8 Å². The van der Waals surface area contributed by atoms with Gasteiger partial charge in [-0.05, 0) is 25.2 Å². The van der Waals surface area contributed by atoms with Crippen molar-refractivity contribution in [3.8, 4) is 0 Å². The second-order valence-electron chi connectivity index (χ2n) is 8.09. The lowest BCUT2D eigenvalue weighted by Crippen LogP contribution is -2.54. The third-order valence-electron chi connectivity index (χ3n) is 6.30. The Kier molecular flexibility index (Phi) is 7.58. The second-order valence-corrected chi connectivity index (χ2v) is 8.09. The van der Waals surface area contributed by atoms with E-state index in [4.69, 9.17) is 9.47 Å². The smallest absolute Gasteiger partial charge is 0.317 e. The summed E-state index contributed by atoms with van der Waals surface area (Å²) in [6, 6.07) is 0.989. The summed E-state index contributed by atoms with van der Waals surface area (Å²) in [6.07, 6.45) is 5.70. The summed E-state index contributed by atoms with van der Waals surface area (Å²) in [4.78, 5) is 17.5. The van der Waals surface area contributed by atoms with E-state index < -0.39 is 0 Å². The van der Waals surface area contributed by atoms with Gasteiger partial charge in [0.1, 0.15) is 0 Å². The summed E-state index contributed by atoms with van der Waals surface area (Å²) in [5, 5.41) is 3.29. The van der Waals surface area contributed by atoms with Crippen LogP contribution in [0.15, 0.2) is 0 Å². The molecule has 2 heterocycles. The highest BCUT2D eigenvalue weighted by atomic mass is 16.5. The lowest BCUT2D eigenvalue weighted by Gasteiger charge is -2.39. The molecule has 0 aromatic carbocycles. The Morgan fingerprint density at radius 3 is 2.42 bits per heavy atom. The van der Waals surface area contributed by atoms with Crippen molar-refractivity contribution >= 4 is 6.03 Å². The van der Waals surface area contributed by atoms with Crippen LogP contribution in [0.3, 0.4) is 0 Å². The predicted molar refractivity (Wildman–Crippen MR) is 102 cm³/mol. The van der Waals surface area contributed by atoms with Crippen molar-refractivity contribution < 1.29 is 14.3 Å². The molecule has 6 heteroatoms. The number of urea groups is 1. The zero-order valence-electron chi connectivity index (χ0n) is 16.6. The molecular formula is C20H37N3O3. The molecule has 1 saturated carbocycles. The van der Waals surface area contributed by atoms with E-state index in [0.717, 1.165) is 84.7 Å². The average molecular weight is 368 g/mol. The van der Waals surface area contributed by atoms with E-state index in [9.17, 15) is 4.79 Å². The average Bonchev–Trinajstić information content (AvgIpc) is 3.39. The first kappa shape index (κ1) is 19.9. The summed E-state index contributed by atoms with van der Waals surface area (Å²) in [5.41, 5.74) is 0. The third-order valence-corrected chi connectivity index (χ3v) is 6.30. The van der Waals surface area contributed by atoms with Crippen LogP contribution >= 0.6 is 0 Å². The van der Waals surface area contributed by atoms with E-state index in [1.165, 1.54) is 0 Å². The lowest BCUT2D eigenvalue weighted by molar-refractivity contribution is 0.00206. The highest BCUT2D eigenvalue weighted by molar-refractivity contribution is 5.75. The van der Waals surface area contributed by atoms with Crippen molar-refractivity contribution in [1.82, 2.24) is 15.1 Å². The molecular weight excluding hydrogens is 330 g/mol. The largest absolute Gasteiger partial charge is 0.381 e. The number of nitrogens with zero attached hydrogens (tertiary/aromatic N) is 2. The van der Waals surface area contributed by atoms with Crippen LogP contribution in [0.1, 0.15) is 46.0 Å². The number of carbonyl (C=O) groups excluding carboxylic acids is 1. The molecule has 2 amide bonds. The van der Waals surface area contributed by atoms with Crippen LogP contribution in [0.5, 0.6) is 0 Å². The highest BCUT2D eigenvalue weighted by Crippen LogP contribution is 2.29. The van der Waals surface area contributed by atoms with E-state index in [1.54, 1.807) is 0 Å². The summed E-state index contributed by atoms with van der Waals surface area (Å²) in [6.45, 7) is 11.3. The van der Waals surface area contributed by atoms with Crippen molar-refractivity contribution in [3.63, 3.8) is 0 Å². The Balaban J connectivity index is 1.55. The third kappa shape index (κ3) is 5.33. The van der Waals surface area contributed by atoms with E-state index in [0.29, 0.717) is 23.9 Å². The van der Waals surface area contributed by atoms with Gasteiger partial charge in [-0.3, -0.25) is 4.90 Å². The van der Waals surface area contributed by atoms with Crippen LogP contribution < -0.4 is 5.32 Å². The van der Waals surface area contributed by atoms with Crippen molar-refractivity contribution in [2.45, 2.75) is 58.0 Å². The Morgan fingerprint density at radius 2 is 1.85 bits per heavy atom. The van der Waals surface area contributed by atoms with Crippen LogP contribution in [-0.2, 0) is 9.47 Å². The van der Waals surface area contributed by atoms with Crippen LogP contribution in [0.4, 0.5) is 4.79 Å². The number of amides is 2. The van der Waals surface area contributed by atoms with Crippen LogP contribution in [0.25, 0.3) is 0 Å². The molecule has 2 aliphatic heterocycles. The van der Waals surface area contributed by atoms with Gasteiger partial charge in [0.25, 0.3) is 0 Å². The first-order valence-electron chi connectivity index (χ1n) is 10.7. The standard InChI is InChI=1S/C20H37N3O3/c1-3-17(4-2)19(22-8-11-25-12-9-22)13-21-20(24)23(18-5-6-18)14-16-7-10-26-15-16/h16-19H,3-15H2,1-2H3,(H,21,24). The number of rotatable bonds is 9. The van der Waals surface area contributed by atoms with Crippen LogP contribution in [-0.4, -0.2) is 80.5 Å². The number of ether oxygens (including phenoxy) is 2.